The van der Waals surface area contributed by atoms with Gasteiger partial charge in [0.2, 0.25) is 0 Å². The third-order valence-electron chi connectivity index (χ3n) is 4.43. The molecule has 8 nitrogen and oxygen atoms in total. The van der Waals surface area contributed by atoms with E-state index in [0.29, 0.717) is 22.1 Å². The molecule has 3 aromatic rings. The lowest BCUT2D eigenvalue weighted by molar-refractivity contribution is 0.0517. The number of anilines is 1. The van der Waals surface area contributed by atoms with Crippen LogP contribution in [-0.4, -0.2) is 47.1 Å². The fourth-order valence-corrected chi connectivity index (χ4v) is 3.24. The van der Waals surface area contributed by atoms with Crippen molar-refractivity contribution in [1.82, 2.24) is 9.78 Å². The lowest BCUT2D eigenvalue weighted by Gasteiger charge is -2.11. The largest absolute Gasteiger partial charge is 0.497 e. The number of carbonyl (C=O) groups is 2. The van der Waals surface area contributed by atoms with Gasteiger partial charge in [0.25, 0.3) is 5.91 Å². The number of hydrogen-bond donors (Lipinski definition) is 2. The van der Waals surface area contributed by atoms with E-state index in [1.807, 2.05) is 0 Å². The number of methoxy groups -OCH3 is 1. The first-order chi connectivity index (χ1) is 15.0. The lowest BCUT2D eigenvalue weighted by atomic mass is 10.1. The summed E-state index contributed by atoms with van der Waals surface area (Å²) in [6.07, 6.45) is 0.0417. The van der Waals surface area contributed by atoms with E-state index in [2.05, 4.69) is 10.4 Å². The minimum absolute atomic E-state index is 0.0317. The highest BCUT2D eigenvalue weighted by Gasteiger charge is 2.28. The summed E-state index contributed by atoms with van der Waals surface area (Å²) >= 11 is 6.12. The lowest BCUT2D eigenvalue weighted by Crippen LogP contribution is -2.19. The third kappa shape index (κ3) is 5.04. The summed E-state index contributed by atoms with van der Waals surface area (Å²) < 4.78 is 11.6. The number of benzene rings is 2. The number of amides is 1. The first kappa shape index (κ1) is 22.3. The van der Waals surface area contributed by atoms with Crippen molar-refractivity contribution in [1.29, 1.82) is 0 Å². The van der Waals surface area contributed by atoms with Crippen LogP contribution in [-0.2, 0) is 11.2 Å². The zero-order valence-electron chi connectivity index (χ0n) is 17.1. The molecule has 1 amide bonds. The molecule has 0 radical (unpaired) electrons. The highest BCUT2D eigenvalue weighted by atomic mass is 35.5. The molecule has 0 bridgehead atoms. The van der Waals surface area contributed by atoms with E-state index in [-0.39, 0.29) is 36.6 Å². The number of esters is 1. The number of hydrogen-bond acceptors (Lipinski definition) is 6. The quantitative estimate of drug-likeness (QED) is 0.516. The number of carbonyl (C=O) groups excluding carboxylic acids is 2. The number of rotatable bonds is 8. The zero-order valence-corrected chi connectivity index (χ0v) is 17.8. The number of ether oxygens (including phenoxy) is 2. The van der Waals surface area contributed by atoms with E-state index in [0.717, 1.165) is 0 Å². The minimum atomic E-state index is -0.676. The number of aliphatic hydroxyl groups is 1. The molecule has 0 aliphatic heterocycles. The van der Waals surface area contributed by atoms with E-state index in [9.17, 15) is 14.7 Å². The van der Waals surface area contributed by atoms with Gasteiger partial charge in [-0.1, -0.05) is 17.7 Å². The average molecular weight is 444 g/mol. The van der Waals surface area contributed by atoms with Gasteiger partial charge in [-0.2, -0.15) is 5.10 Å². The van der Waals surface area contributed by atoms with Crippen molar-refractivity contribution >= 4 is 29.2 Å². The molecule has 0 atom stereocenters. The Morgan fingerprint density at radius 3 is 2.55 bits per heavy atom. The first-order valence-electron chi connectivity index (χ1n) is 9.59. The maximum Gasteiger partial charge on any atom is 0.359 e. The molecule has 2 N–H and O–H groups in total. The fraction of sp³-hybridized carbons (Fsp3) is 0.227. The molecular weight excluding hydrogens is 422 g/mol. The molecule has 3 rings (SSSR count). The maximum atomic E-state index is 13.3. The summed E-state index contributed by atoms with van der Waals surface area (Å²) in [4.78, 5) is 25.8. The van der Waals surface area contributed by atoms with Crippen molar-refractivity contribution in [2.75, 3.05) is 25.6 Å². The van der Waals surface area contributed by atoms with Crippen LogP contribution in [0.5, 0.6) is 5.75 Å². The van der Waals surface area contributed by atoms with Crippen LogP contribution in [0.2, 0.25) is 5.02 Å². The Kier molecular flexibility index (Phi) is 7.28. The number of aliphatic hydroxyl groups excluding tert-OH is 1. The van der Waals surface area contributed by atoms with Crippen LogP contribution in [0.15, 0.2) is 48.5 Å². The average Bonchev–Trinajstić information content (AvgIpc) is 3.14. The number of aromatic nitrogens is 2. The van der Waals surface area contributed by atoms with Gasteiger partial charge in [0.05, 0.1) is 19.4 Å². The van der Waals surface area contributed by atoms with Gasteiger partial charge in [-0.25, -0.2) is 9.48 Å². The summed E-state index contributed by atoms with van der Waals surface area (Å²) in [5, 5.41) is 17.2. The number of nitrogens with zero attached hydrogens (tertiary/aromatic N) is 2. The van der Waals surface area contributed by atoms with Crippen LogP contribution in [0.3, 0.4) is 0 Å². The van der Waals surface area contributed by atoms with E-state index in [1.54, 1.807) is 62.6 Å². The summed E-state index contributed by atoms with van der Waals surface area (Å²) in [6.45, 7) is 1.54. The van der Waals surface area contributed by atoms with E-state index in [4.69, 9.17) is 21.1 Å². The molecule has 31 heavy (non-hydrogen) atoms. The molecule has 1 heterocycles. The SMILES string of the molecule is CCOC(=O)c1nn(-c2cccc(Cl)c2)c(C(=O)Nc2ccc(OC)cc2)c1CCO. The summed E-state index contributed by atoms with van der Waals surface area (Å²) in [5.74, 6) is -0.533. The monoisotopic (exact) mass is 443 g/mol. The van der Waals surface area contributed by atoms with E-state index >= 15 is 0 Å². The van der Waals surface area contributed by atoms with Crippen LogP contribution in [0.1, 0.15) is 33.5 Å². The van der Waals surface area contributed by atoms with Crippen LogP contribution < -0.4 is 10.1 Å². The summed E-state index contributed by atoms with van der Waals surface area (Å²) in [7, 11) is 1.55. The summed E-state index contributed by atoms with van der Waals surface area (Å²) in [5.41, 5.74) is 1.37. The molecule has 9 heteroatoms. The molecule has 162 valence electrons. The van der Waals surface area contributed by atoms with Crippen molar-refractivity contribution in [3.8, 4) is 11.4 Å². The van der Waals surface area contributed by atoms with Crippen molar-refractivity contribution in [3.63, 3.8) is 0 Å². The highest BCUT2D eigenvalue weighted by molar-refractivity contribution is 6.30. The molecule has 0 unspecified atom stereocenters. The van der Waals surface area contributed by atoms with Gasteiger partial charge in [0.1, 0.15) is 11.4 Å². The normalized spacial score (nSPS) is 10.6. The van der Waals surface area contributed by atoms with Gasteiger partial charge in [0, 0.05) is 29.3 Å². The van der Waals surface area contributed by atoms with Crippen LogP contribution in [0, 0.1) is 0 Å². The van der Waals surface area contributed by atoms with Crippen molar-refractivity contribution in [2.45, 2.75) is 13.3 Å². The zero-order chi connectivity index (χ0) is 22.4. The summed E-state index contributed by atoms with van der Waals surface area (Å²) in [6, 6.07) is 13.5. The van der Waals surface area contributed by atoms with E-state index in [1.165, 1.54) is 4.68 Å². The Balaban J connectivity index is 2.11. The van der Waals surface area contributed by atoms with Gasteiger partial charge in [-0.15, -0.1) is 0 Å². The van der Waals surface area contributed by atoms with Crippen LogP contribution in [0.4, 0.5) is 5.69 Å². The van der Waals surface area contributed by atoms with Crippen molar-refractivity contribution < 1.29 is 24.2 Å². The Bertz CT molecular complexity index is 1080. The topological polar surface area (TPSA) is 103 Å². The van der Waals surface area contributed by atoms with Gasteiger partial charge in [-0.05, 0) is 49.4 Å². The molecule has 0 saturated heterocycles. The predicted octanol–water partition coefficient (Wildman–Crippen LogP) is 3.50. The fourth-order valence-electron chi connectivity index (χ4n) is 3.06. The predicted molar refractivity (Wildman–Crippen MR) is 116 cm³/mol. The smallest absolute Gasteiger partial charge is 0.359 e. The standard InChI is InChI=1S/C22H22ClN3O5/c1-3-31-22(29)19-18(11-12-27)20(26(25-19)16-6-4-5-14(23)13-16)21(28)24-15-7-9-17(30-2)10-8-15/h4-10,13,27H,3,11-12H2,1-2H3,(H,24,28). The Morgan fingerprint density at radius 2 is 1.94 bits per heavy atom. The maximum absolute atomic E-state index is 13.3. The van der Waals surface area contributed by atoms with Gasteiger partial charge in [0.15, 0.2) is 5.69 Å². The van der Waals surface area contributed by atoms with E-state index < -0.39 is 11.9 Å². The molecule has 0 aliphatic carbocycles. The molecule has 2 aromatic carbocycles. The van der Waals surface area contributed by atoms with Gasteiger partial charge < -0.3 is 19.9 Å². The molecule has 0 aliphatic rings. The molecule has 0 saturated carbocycles. The third-order valence-corrected chi connectivity index (χ3v) is 4.66. The van der Waals surface area contributed by atoms with Gasteiger partial charge in [-0.3, -0.25) is 4.79 Å². The highest BCUT2D eigenvalue weighted by Crippen LogP contribution is 2.24. The molecule has 1 aromatic heterocycles. The number of nitrogens with one attached hydrogen (secondary N) is 1. The first-order valence-corrected chi connectivity index (χ1v) is 9.97. The minimum Gasteiger partial charge on any atom is -0.497 e. The molecular formula is C22H22ClN3O5. The van der Waals surface area contributed by atoms with Crippen LogP contribution in [0.25, 0.3) is 5.69 Å². The van der Waals surface area contributed by atoms with Crippen LogP contribution >= 0.6 is 11.6 Å². The Labute approximate surface area is 184 Å². The second-order valence-electron chi connectivity index (χ2n) is 6.44. The second-order valence-corrected chi connectivity index (χ2v) is 6.88. The Morgan fingerprint density at radius 1 is 1.19 bits per heavy atom. The number of halogens is 1. The molecule has 0 fully saturated rings. The van der Waals surface area contributed by atoms with Crippen molar-refractivity contribution in [3.05, 3.63) is 70.5 Å². The molecule has 0 spiro atoms. The van der Waals surface area contributed by atoms with Gasteiger partial charge >= 0.3 is 5.97 Å². The Hall–Kier alpha value is -3.36. The second kappa shape index (κ2) is 10.1. The van der Waals surface area contributed by atoms with Crippen molar-refractivity contribution in [2.24, 2.45) is 0 Å².